The Morgan fingerprint density at radius 3 is 2.83 bits per heavy atom. The van der Waals surface area contributed by atoms with Gasteiger partial charge in [-0.15, -0.1) is 0 Å². The largest absolute Gasteiger partial charge is 0.381 e. The Hall–Kier alpha value is -0.120. The second-order valence-electron chi connectivity index (χ2n) is 6.70. The molecule has 1 saturated carbocycles. The van der Waals surface area contributed by atoms with Gasteiger partial charge in [-0.1, -0.05) is 19.3 Å². The van der Waals surface area contributed by atoms with Crippen molar-refractivity contribution in [3.8, 4) is 0 Å². The van der Waals surface area contributed by atoms with Gasteiger partial charge in [-0.05, 0) is 32.1 Å². The Bertz CT molecular complexity index is 270. The Morgan fingerprint density at radius 2 is 2.11 bits per heavy atom. The van der Waals surface area contributed by atoms with E-state index in [-0.39, 0.29) is 0 Å². The number of hydrogen-bond acceptors (Lipinski definition) is 3. The average Bonchev–Trinajstić information content (AvgIpc) is 2.89. The summed E-state index contributed by atoms with van der Waals surface area (Å²) in [7, 11) is 0. The van der Waals surface area contributed by atoms with Crippen LogP contribution < -0.4 is 5.32 Å². The third-order valence-corrected chi connectivity index (χ3v) is 5.23. The van der Waals surface area contributed by atoms with Gasteiger partial charge >= 0.3 is 0 Å². The third-order valence-electron chi connectivity index (χ3n) is 5.23. The minimum atomic E-state index is 0.480. The maximum atomic E-state index is 5.56. The minimum Gasteiger partial charge on any atom is -0.381 e. The highest BCUT2D eigenvalue weighted by molar-refractivity contribution is 5.00. The first-order valence-corrected chi connectivity index (χ1v) is 7.85. The molecule has 2 unspecified atom stereocenters. The zero-order valence-corrected chi connectivity index (χ0v) is 11.8. The summed E-state index contributed by atoms with van der Waals surface area (Å²) in [4.78, 5) is 2.83. The lowest BCUT2D eigenvalue weighted by Crippen LogP contribution is -2.65. The molecule has 3 fully saturated rings. The molecule has 0 aromatic rings. The Kier molecular flexibility index (Phi) is 3.92. The minimum absolute atomic E-state index is 0.480. The van der Waals surface area contributed by atoms with Crippen molar-refractivity contribution >= 4 is 0 Å². The summed E-state index contributed by atoms with van der Waals surface area (Å²) >= 11 is 0. The Labute approximate surface area is 111 Å². The topological polar surface area (TPSA) is 24.5 Å². The number of piperazine rings is 1. The van der Waals surface area contributed by atoms with E-state index in [0.717, 1.165) is 19.1 Å². The second-order valence-corrected chi connectivity index (χ2v) is 6.70. The van der Waals surface area contributed by atoms with Gasteiger partial charge in [0, 0.05) is 37.8 Å². The first kappa shape index (κ1) is 12.9. The SMILES string of the molecule is CC1CN(CC2CCOC2)C2(CCCCC2)CN1. The molecule has 0 bridgehead atoms. The summed E-state index contributed by atoms with van der Waals surface area (Å²) in [5, 5.41) is 3.72. The van der Waals surface area contributed by atoms with Crippen LogP contribution in [0.25, 0.3) is 0 Å². The zero-order valence-electron chi connectivity index (χ0n) is 11.8. The normalized spacial score (nSPS) is 37.2. The molecular formula is C15H28N2O. The van der Waals surface area contributed by atoms with Crippen LogP contribution in [0.15, 0.2) is 0 Å². The van der Waals surface area contributed by atoms with E-state index in [4.69, 9.17) is 4.74 Å². The van der Waals surface area contributed by atoms with Crippen molar-refractivity contribution in [2.24, 2.45) is 5.92 Å². The molecule has 2 saturated heterocycles. The summed E-state index contributed by atoms with van der Waals surface area (Å²) < 4.78 is 5.56. The molecule has 3 heteroatoms. The van der Waals surface area contributed by atoms with Crippen LogP contribution in [0.1, 0.15) is 45.4 Å². The second kappa shape index (κ2) is 5.48. The Morgan fingerprint density at radius 1 is 1.28 bits per heavy atom. The molecule has 1 N–H and O–H groups in total. The van der Waals surface area contributed by atoms with Crippen molar-refractivity contribution in [2.45, 2.75) is 57.0 Å². The van der Waals surface area contributed by atoms with E-state index < -0.39 is 0 Å². The Balaban J connectivity index is 1.68. The lowest BCUT2D eigenvalue weighted by atomic mass is 9.78. The molecule has 2 heterocycles. The maximum absolute atomic E-state index is 5.56. The molecule has 3 rings (SSSR count). The molecule has 3 aliphatic rings. The van der Waals surface area contributed by atoms with E-state index in [0.29, 0.717) is 11.6 Å². The highest BCUT2D eigenvalue weighted by Gasteiger charge is 2.42. The number of rotatable bonds is 2. The van der Waals surface area contributed by atoms with Gasteiger partial charge < -0.3 is 10.1 Å². The summed E-state index contributed by atoms with van der Waals surface area (Å²) in [6.07, 6.45) is 8.37. The monoisotopic (exact) mass is 252 g/mol. The number of hydrogen-bond donors (Lipinski definition) is 1. The summed E-state index contributed by atoms with van der Waals surface area (Å²) in [6, 6.07) is 0.653. The fourth-order valence-electron chi connectivity index (χ4n) is 4.07. The molecule has 1 spiro atoms. The van der Waals surface area contributed by atoms with Crippen LogP contribution in [-0.4, -0.2) is 49.3 Å². The maximum Gasteiger partial charge on any atom is 0.0507 e. The quantitative estimate of drug-likeness (QED) is 0.814. The summed E-state index contributed by atoms with van der Waals surface area (Å²) in [5.74, 6) is 0.786. The van der Waals surface area contributed by atoms with Gasteiger partial charge in [-0.2, -0.15) is 0 Å². The van der Waals surface area contributed by atoms with E-state index in [1.54, 1.807) is 0 Å². The van der Waals surface area contributed by atoms with Gasteiger partial charge in [0.2, 0.25) is 0 Å². The van der Waals surface area contributed by atoms with E-state index in [1.165, 1.54) is 58.2 Å². The van der Waals surface area contributed by atoms with E-state index >= 15 is 0 Å². The molecule has 2 atom stereocenters. The molecule has 0 amide bonds. The van der Waals surface area contributed by atoms with E-state index in [1.807, 2.05) is 0 Å². The van der Waals surface area contributed by atoms with E-state index in [2.05, 4.69) is 17.1 Å². The van der Waals surface area contributed by atoms with Crippen molar-refractivity contribution in [3.05, 3.63) is 0 Å². The van der Waals surface area contributed by atoms with Crippen molar-refractivity contribution < 1.29 is 4.74 Å². The first-order chi connectivity index (χ1) is 8.78. The summed E-state index contributed by atoms with van der Waals surface area (Å²) in [5.41, 5.74) is 0.480. The number of nitrogens with zero attached hydrogens (tertiary/aromatic N) is 1. The number of ether oxygens (including phenoxy) is 1. The molecule has 104 valence electrons. The standard InChI is InChI=1S/C15H28N2O/c1-13-9-17(10-14-5-8-18-11-14)15(12-16-13)6-3-2-4-7-15/h13-14,16H,2-12H2,1H3. The van der Waals surface area contributed by atoms with Gasteiger partial charge in [0.25, 0.3) is 0 Å². The van der Waals surface area contributed by atoms with Crippen LogP contribution >= 0.6 is 0 Å². The molecule has 18 heavy (non-hydrogen) atoms. The molecular weight excluding hydrogens is 224 g/mol. The molecule has 0 aromatic carbocycles. The highest BCUT2D eigenvalue weighted by Crippen LogP contribution is 2.36. The smallest absolute Gasteiger partial charge is 0.0507 e. The highest BCUT2D eigenvalue weighted by atomic mass is 16.5. The van der Waals surface area contributed by atoms with Gasteiger partial charge in [-0.25, -0.2) is 0 Å². The van der Waals surface area contributed by atoms with Gasteiger partial charge in [0.1, 0.15) is 0 Å². The van der Waals surface area contributed by atoms with Crippen LogP contribution in [0.2, 0.25) is 0 Å². The van der Waals surface area contributed by atoms with Gasteiger partial charge in [0.05, 0.1) is 6.61 Å². The summed E-state index contributed by atoms with van der Waals surface area (Å²) in [6.45, 7) is 8.02. The van der Waals surface area contributed by atoms with Crippen LogP contribution in [0.5, 0.6) is 0 Å². The lowest BCUT2D eigenvalue weighted by Gasteiger charge is -2.52. The van der Waals surface area contributed by atoms with Gasteiger partial charge in [-0.3, -0.25) is 4.90 Å². The van der Waals surface area contributed by atoms with Crippen molar-refractivity contribution in [3.63, 3.8) is 0 Å². The number of nitrogens with one attached hydrogen (secondary N) is 1. The van der Waals surface area contributed by atoms with Crippen molar-refractivity contribution in [1.29, 1.82) is 0 Å². The third kappa shape index (κ3) is 2.59. The molecule has 0 aromatic heterocycles. The van der Waals surface area contributed by atoms with Gasteiger partial charge in [0.15, 0.2) is 0 Å². The van der Waals surface area contributed by atoms with E-state index in [9.17, 15) is 0 Å². The van der Waals surface area contributed by atoms with Crippen LogP contribution in [-0.2, 0) is 4.74 Å². The van der Waals surface area contributed by atoms with Crippen molar-refractivity contribution in [1.82, 2.24) is 10.2 Å². The average molecular weight is 252 g/mol. The fraction of sp³-hybridized carbons (Fsp3) is 1.00. The van der Waals surface area contributed by atoms with Crippen LogP contribution in [0.4, 0.5) is 0 Å². The predicted octanol–water partition coefficient (Wildman–Crippen LogP) is 2.02. The molecule has 0 radical (unpaired) electrons. The molecule has 2 aliphatic heterocycles. The van der Waals surface area contributed by atoms with Crippen LogP contribution in [0.3, 0.4) is 0 Å². The van der Waals surface area contributed by atoms with Crippen LogP contribution in [0, 0.1) is 5.92 Å². The zero-order chi connectivity index (χ0) is 12.4. The lowest BCUT2D eigenvalue weighted by molar-refractivity contribution is 0.000398. The fourth-order valence-corrected chi connectivity index (χ4v) is 4.07. The first-order valence-electron chi connectivity index (χ1n) is 7.85. The molecule has 1 aliphatic carbocycles. The predicted molar refractivity (Wildman–Crippen MR) is 73.8 cm³/mol. The van der Waals surface area contributed by atoms with Crippen molar-refractivity contribution in [2.75, 3.05) is 32.8 Å². The molecule has 3 nitrogen and oxygen atoms in total.